The van der Waals surface area contributed by atoms with Crippen molar-refractivity contribution in [2.45, 2.75) is 6.54 Å². The molecule has 21 heavy (non-hydrogen) atoms. The Hall–Kier alpha value is -2.94. The highest BCUT2D eigenvalue weighted by molar-refractivity contribution is 5.91. The molecule has 6 heteroatoms. The van der Waals surface area contributed by atoms with Crippen molar-refractivity contribution >= 4 is 5.91 Å². The summed E-state index contributed by atoms with van der Waals surface area (Å²) in [6.45, 7) is -0.00287. The van der Waals surface area contributed by atoms with E-state index >= 15 is 0 Å². The van der Waals surface area contributed by atoms with Gasteiger partial charge in [-0.25, -0.2) is 4.39 Å². The largest absolute Gasteiger partial charge is 0.336 e. The number of amides is 1. The second-order valence-electron chi connectivity index (χ2n) is 4.51. The number of nitrogens with one attached hydrogen (secondary N) is 1. The lowest BCUT2D eigenvalue weighted by Gasteiger charge is -2.17. The van der Waals surface area contributed by atoms with Gasteiger partial charge in [0.05, 0.1) is 11.6 Å². The van der Waals surface area contributed by atoms with E-state index in [1.807, 2.05) is 6.07 Å². The Morgan fingerprint density at radius 2 is 2.14 bits per heavy atom. The molecule has 1 amide bonds. The third-order valence-electron chi connectivity index (χ3n) is 2.93. The molecular weight excluding hydrogens is 273 g/mol. The summed E-state index contributed by atoms with van der Waals surface area (Å²) < 4.78 is 13.7. The van der Waals surface area contributed by atoms with Crippen molar-refractivity contribution in [2.75, 3.05) is 7.05 Å². The van der Waals surface area contributed by atoms with Crippen molar-refractivity contribution in [2.24, 2.45) is 0 Å². The zero-order valence-electron chi connectivity index (χ0n) is 11.3. The van der Waals surface area contributed by atoms with Gasteiger partial charge in [0.15, 0.2) is 0 Å². The van der Waals surface area contributed by atoms with Gasteiger partial charge in [-0.2, -0.15) is 5.26 Å². The van der Waals surface area contributed by atoms with Crippen LogP contribution in [-0.2, 0) is 6.54 Å². The van der Waals surface area contributed by atoms with E-state index < -0.39 is 11.7 Å². The van der Waals surface area contributed by atoms with Crippen molar-refractivity contribution in [1.29, 1.82) is 5.26 Å². The topological polar surface area (TPSA) is 77.0 Å². The molecule has 2 rings (SSSR count). The van der Waals surface area contributed by atoms with E-state index in [9.17, 15) is 14.0 Å². The molecule has 0 saturated carbocycles. The molecule has 0 saturated heterocycles. The van der Waals surface area contributed by atoms with Crippen LogP contribution in [0.3, 0.4) is 0 Å². The average Bonchev–Trinajstić information content (AvgIpc) is 2.48. The van der Waals surface area contributed by atoms with E-state index in [0.717, 1.165) is 0 Å². The Balaban J connectivity index is 2.22. The second-order valence-corrected chi connectivity index (χ2v) is 4.51. The highest BCUT2D eigenvalue weighted by atomic mass is 19.1. The van der Waals surface area contributed by atoms with Gasteiger partial charge in [-0.3, -0.25) is 9.59 Å². The lowest BCUT2D eigenvalue weighted by molar-refractivity contribution is 0.0777. The van der Waals surface area contributed by atoms with Crippen LogP contribution in [0.5, 0.6) is 0 Å². The van der Waals surface area contributed by atoms with Crippen LogP contribution in [0, 0.1) is 17.1 Å². The number of benzene rings is 1. The summed E-state index contributed by atoms with van der Waals surface area (Å²) in [7, 11) is 1.49. The molecular formula is C15H12FN3O2. The van der Waals surface area contributed by atoms with Crippen LogP contribution in [-0.4, -0.2) is 22.8 Å². The lowest BCUT2D eigenvalue weighted by atomic mass is 10.1. The highest BCUT2D eigenvalue weighted by Gasteiger charge is 2.15. The summed E-state index contributed by atoms with van der Waals surface area (Å²) in [5, 5.41) is 8.81. The van der Waals surface area contributed by atoms with Crippen LogP contribution in [0.1, 0.15) is 21.6 Å². The number of aromatic nitrogens is 1. The van der Waals surface area contributed by atoms with Crippen LogP contribution in [0.15, 0.2) is 41.2 Å². The number of carbonyl (C=O) groups excluding carboxylic acids is 1. The van der Waals surface area contributed by atoms with E-state index in [4.69, 9.17) is 5.26 Å². The number of pyridine rings is 1. The number of nitrogens with zero attached hydrogens (tertiary/aromatic N) is 2. The molecule has 2 aromatic rings. The number of rotatable bonds is 3. The molecule has 1 aromatic heterocycles. The first-order valence-corrected chi connectivity index (χ1v) is 6.14. The predicted octanol–water partition coefficient (Wildman–Crippen LogP) is 1.66. The Morgan fingerprint density at radius 3 is 2.81 bits per heavy atom. The molecule has 0 spiro atoms. The SMILES string of the molecule is CN(Cc1cc(C#N)ccc1F)C(=O)c1cccc(=O)[nH]1. The van der Waals surface area contributed by atoms with E-state index in [1.54, 1.807) is 0 Å². The van der Waals surface area contributed by atoms with Crippen LogP contribution in [0.25, 0.3) is 0 Å². The van der Waals surface area contributed by atoms with Gasteiger partial charge in [0, 0.05) is 25.2 Å². The standard InChI is InChI=1S/C15H12FN3O2/c1-19(15(21)13-3-2-4-14(20)18-13)9-11-7-10(8-17)5-6-12(11)16/h2-7H,9H2,1H3,(H,18,20). The van der Waals surface area contributed by atoms with Gasteiger partial charge in [-0.15, -0.1) is 0 Å². The van der Waals surface area contributed by atoms with Gasteiger partial charge in [0.1, 0.15) is 11.5 Å². The first kappa shape index (κ1) is 14.5. The predicted molar refractivity (Wildman–Crippen MR) is 74.0 cm³/mol. The number of H-pyrrole nitrogens is 1. The molecule has 1 N–H and O–H groups in total. The van der Waals surface area contributed by atoms with Gasteiger partial charge in [0.2, 0.25) is 5.56 Å². The smallest absolute Gasteiger partial charge is 0.270 e. The fraction of sp³-hybridized carbons (Fsp3) is 0.133. The number of halogens is 1. The minimum atomic E-state index is -0.491. The van der Waals surface area contributed by atoms with Crippen LogP contribution >= 0.6 is 0 Å². The molecule has 1 heterocycles. The van der Waals surface area contributed by atoms with Gasteiger partial charge in [0.25, 0.3) is 5.91 Å². The van der Waals surface area contributed by atoms with E-state index in [2.05, 4.69) is 4.98 Å². The summed E-state index contributed by atoms with van der Waals surface area (Å²) in [6.07, 6.45) is 0. The van der Waals surface area contributed by atoms with Gasteiger partial charge < -0.3 is 9.88 Å². The first-order valence-electron chi connectivity index (χ1n) is 6.14. The second kappa shape index (κ2) is 6.01. The Labute approximate surface area is 120 Å². The number of nitriles is 1. The molecule has 0 atom stereocenters. The zero-order valence-corrected chi connectivity index (χ0v) is 11.3. The van der Waals surface area contributed by atoms with E-state index in [0.29, 0.717) is 5.56 Å². The quantitative estimate of drug-likeness (QED) is 0.931. The van der Waals surface area contributed by atoms with E-state index in [1.165, 1.54) is 48.3 Å². The van der Waals surface area contributed by atoms with Crippen molar-refractivity contribution in [3.8, 4) is 6.07 Å². The fourth-order valence-corrected chi connectivity index (χ4v) is 1.87. The number of carbonyl (C=O) groups is 1. The summed E-state index contributed by atoms with van der Waals surface area (Å²) in [4.78, 5) is 27.0. The minimum absolute atomic E-state index is 0.00287. The molecule has 0 aliphatic rings. The lowest BCUT2D eigenvalue weighted by Crippen LogP contribution is -2.28. The molecule has 0 radical (unpaired) electrons. The number of hydrogen-bond donors (Lipinski definition) is 1. The molecule has 0 aliphatic heterocycles. The average molecular weight is 285 g/mol. The maximum absolute atomic E-state index is 13.7. The van der Waals surface area contributed by atoms with Crippen LogP contribution < -0.4 is 5.56 Å². The van der Waals surface area contributed by atoms with Gasteiger partial charge >= 0.3 is 0 Å². The molecule has 0 aliphatic carbocycles. The Morgan fingerprint density at radius 1 is 1.38 bits per heavy atom. The minimum Gasteiger partial charge on any atom is -0.336 e. The van der Waals surface area contributed by atoms with Crippen molar-refractivity contribution in [1.82, 2.24) is 9.88 Å². The molecule has 5 nitrogen and oxygen atoms in total. The maximum Gasteiger partial charge on any atom is 0.270 e. The molecule has 0 bridgehead atoms. The Bertz CT molecular complexity index is 777. The summed E-state index contributed by atoms with van der Waals surface area (Å²) in [5.74, 6) is -0.926. The maximum atomic E-state index is 13.7. The zero-order chi connectivity index (χ0) is 15.4. The normalized spacial score (nSPS) is 9.95. The number of aromatic amines is 1. The molecule has 0 unspecified atom stereocenters. The fourth-order valence-electron chi connectivity index (χ4n) is 1.87. The van der Waals surface area contributed by atoms with Crippen molar-refractivity contribution in [3.05, 3.63) is 69.4 Å². The van der Waals surface area contributed by atoms with Crippen LogP contribution in [0.4, 0.5) is 4.39 Å². The van der Waals surface area contributed by atoms with Gasteiger partial charge in [-0.1, -0.05) is 6.07 Å². The monoisotopic (exact) mass is 285 g/mol. The van der Waals surface area contributed by atoms with Crippen molar-refractivity contribution < 1.29 is 9.18 Å². The highest BCUT2D eigenvalue weighted by Crippen LogP contribution is 2.13. The summed E-state index contributed by atoms with van der Waals surface area (Å²) in [5.41, 5.74) is 0.303. The van der Waals surface area contributed by atoms with Crippen LogP contribution in [0.2, 0.25) is 0 Å². The van der Waals surface area contributed by atoms with E-state index in [-0.39, 0.29) is 23.4 Å². The van der Waals surface area contributed by atoms with Gasteiger partial charge in [-0.05, 0) is 24.3 Å². The molecule has 106 valence electrons. The molecule has 1 aromatic carbocycles. The third-order valence-corrected chi connectivity index (χ3v) is 2.93. The first-order chi connectivity index (χ1) is 10.0. The summed E-state index contributed by atoms with van der Waals surface area (Å²) >= 11 is 0. The summed E-state index contributed by atoms with van der Waals surface area (Å²) in [6, 6.07) is 10.1. The number of hydrogen-bond acceptors (Lipinski definition) is 3. The Kier molecular flexibility index (Phi) is 4.14. The van der Waals surface area contributed by atoms with Crippen molar-refractivity contribution in [3.63, 3.8) is 0 Å². The molecule has 0 fully saturated rings. The third kappa shape index (κ3) is 3.34.